The lowest BCUT2D eigenvalue weighted by molar-refractivity contribution is 0.101. The maximum atomic E-state index is 12.5. The molecule has 0 unspecified atom stereocenters. The largest absolute Gasteiger partial charge is 0.501 e. The van der Waals surface area contributed by atoms with Gasteiger partial charge in [-0.3, -0.25) is 4.79 Å². The summed E-state index contributed by atoms with van der Waals surface area (Å²) in [6.45, 7) is 0.653. The molecule has 0 spiro atoms. The molecule has 20 heavy (non-hydrogen) atoms. The van der Waals surface area contributed by atoms with E-state index >= 15 is 0 Å². The van der Waals surface area contributed by atoms with Crippen molar-refractivity contribution >= 4 is 5.78 Å². The average molecular weight is 278 g/mol. The third-order valence-corrected chi connectivity index (χ3v) is 3.17. The summed E-state index contributed by atoms with van der Waals surface area (Å²) in [5, 5.41) is 0. The van der Waals surface area contributed by atoms with Crippen LogP contribution < -0.4 is 14.2 Å². The van der Waals surface area contributed by atoms with E-state index < -0.39 is 0 Å². The van der Waals surface area contributed by atoms with Gasteiger partial charge < -0.3 is 18.9 Å². The second-order valence-electron chi connectivity index (χ2n) is 4.33. The molecule has 2 rings (SSSR count). The van der Waals surface area contributed by atoms with Crippen LogP contribution in [0, 0.1) is 0 Å². The second kappa shape index (κ2) is 6.32. The molecule has 0 fully saturated rings. The molecule has 0 amide bonds. The van der Waals surface area contributed by atoms with Gasteiger partial charge in [-0.25, -0.2) is 0 Å². The van der Waals surface area contributed by atoms with Crippen molar-refractivity contribution in [3.05, 3.63) is 29.5 Å². The van der Waals surface area contributed by atoms with E-state index in [2.05, 4.69) is 0 Å². The highest BCUT2D eigenvalue weighted by Crippen LogP contribution is 2.40. The standard InChI is InChI=1S/C15H18O5/c1-17-12-7-6-11(14(18-2)15(12)19-3)13(16)10-5-4-8-20-9-10/h6-7,9H,4-5,8H2,1-3H3. The van der Waals surface area contributed by atoms with Crippen molar-refractivity contribution in [1.82, 2.24) is 0 Å². The van der Waals surface area contributed by atoms with E-state index in [0.29, 0.717) is 41.4 Å². The van der Waals surface area contributed by atoms with E-state index in [1.807, 2.05) is 0 Å². The molecule has 0 saturated heterocycles. The predicted octanol–water partition coefficient (Wildman–Crippen LogP) is 2.59. The number of rotatable bonds is 5. The molecular formula is C15H18O5. The lowest BCUT2D eigenvalue weighted by Crippen LogP contribution is -2.11. The number of ketones is 1. The minimum Gasteiger partial charge on any atom is -0.501 e. The highest BCUT2D eigenvalue weighted by molar-refractivity contribution is 6.11. The first-order chi connectivity index (χ1) is 9.72. The van der Waals surface area contributed by atoms with Crippen molar-refractivity contribution in [3.8, 4) is 17.2 Å². The number of hydrogen-bond acceptors (Lipinski definition) is 5. The first-order valence-electron chi connectivity index (χ1n) is 6.37. The van der Waals surface area contributed by atoms with Gasteiger partial charge in [-0.05, 0) is 25.0 Å². The molecule has 0 aromatic heterocycles. The zero-order valence-electron chi connectivity index (χ0n) is 11.9. The van der Waals surface area contributed by atoms with Gasteiger partial charge in [0.15, 0.2) is 17.3 Å². The summed E-state index contributed by atoms with van der Waals surface area (Å²) in [4.78, 5) is 12.5. The molecular weight excluding hydrogens is 260 g/mol. The van der Waals surface area contributed by atoms with Gasteiger partial charge in [0.1, 0.15) is 0 Å². The molecule has 0 saturated carbocycles. The molecule has 0 radical (unpaired) electrons. The topological polar surface area (TPSA) is 54.0 Å². The molecule has 1 heterocycles. The minimum atomic E-state index is -0.109. The van der Waals surface area contributed by atoms with E-state index in [1.165, 1.54) is 27.6 Å². The Hall–Kier alpha value is -2.17. The summed E-state index contributed by atoms with van der Waals surface area (Å²) in [7, 11) is 4.55. The maximum Gasteiger partial charge on any atom is 0.204 e. The average Bonchev–Trinajstić information content (AvgIpc) is 2.53. The van der Waals surface area contributed by atoms with Crippen LogP contribution in [0.2, 0.25) is 0 Å². The Morgan fingerprint density at radius 1 is 1.10 bits per heavy atom. The van der Waals surface area contributed by atoms with Gasteiger partial charge in [-0.1, -0.05) is 0 Å². The fourth-order valence-electron chi connectivity index (χ4n) is 2.18. The van der Waals surface area contributed by atoms with Crippen LogP contribution in [0.1, 0.15) is 23.2 Å². The van der Waals surface area contributed by atoms with E-state index in [-0.39, 0.29) is 5.78 Å². The third-order valence-electron chi connectivity index (χ3n) is 3.17. The highest BCUT2D eigenvalue weighted by atomic mass is 16.5. The molecule has 1 aromatic carbocycles. The van der Waals surface area contributed by atoms with Crippen LogP contribution in [0.3, 0.4) is 0 Å². The molecule has 0 bridgehead atoms. The van der Waals surface area contributed by atoms with Crippen LogP contribution in [0.5, 0.6) is 17.2 Å². The first-order valence-corrected chi connectivity index (χ1v) is 6.37. The summed E-state index contributed by atoms with van der Waals surface area (Å²) in [6, 6.07) is 3.37. The van der Waals surface area contributed by atoms with Gasteiger partial charge in [0, 0.05) is 5.57 Å². The Balaban J connectivity index is 2.45. The van der Waals surface area contributed by atoms with Crippen molar-refractivity contribution in [2.24, 2.45) is 0 Å². The van der Waals surface area contributed by atoms with Crippen LogP contribution in [0.25, 0.3) is 0 Å². The van der Waals surface area contributed by atoms with E-state index in [9.17, 15) is 4.79 Å². The molecule has 1 aliphatic heterocycles. The molecule has 0 N–H and O–H groups in total. The Kier molecular flexibility index (Phi) is 4.50. The van der Waals surface area contributed by atoms with Crippen LogP contribution in [0.15, 0.2) is 24.0 Å². The van der Waals surface area contributed by atoms with Crippen molar-refractivity contribution in [2.45, 2.75) is 12.8 Å². The Morgan fingerprint density at radius 2 is 1.85 bits per heavy atom. The predicted molar refractivity (Wildman–Crippen MR) is 73.7 cm³/mol. The van der Waals surface area contributed by atoms with Crippen LogP contribution >= 0.6 is 0 Å². The van der Waals surface area contributed by atoms with Crippen LogP contribution in [-0.2, 0) is 4.74 Å². The number of benzene rings is 1. The number of hydrogen-bond donors (Lipinski definition) is 0. The molecule has 0 aliphatic carbocycles. The van der Waals surface area contributed by atoms with Gasteiger partial charge in [-0.2, -0.15) is 0 Å². The fraction of sp³-hybridized carbons (Fsp3) is 0.400. The minimum absolute atomic E-state index is 0.109. The molecule has 1 aliphatic rings. The van der Waals surface area contributed by atoms with Crippen molar-refractivity contribution < 1.29 is 23.7 Å². The summed E-state index contributed by atoms with van der Waals surface area (Å²) in [6.07, 6.45) is 3.07. The Bertz CT molecular complexity index is 533. The van der Waals surface area contributed by atoms with E-state index in [4.69, 9.17) is 18.9 Å². The van der Waals surface area contributed by atoms with Gasteiger partial charge in [0.05, 0.1) is 39.8 Å². The van der Waals surface area contributed by atoms with E-state index in [1.54, 1.807) is 12.1 Å². The van der Waals surface area contributed by atoms with Crippen molar-refractivity contribution in [2.75, 3.05) is 27.9 Å². The smallest absolute Gasteiger partial charge is 0.204 e. The lowest BCUT2D eigenvalue weighted by atomic mass is 9.98. The number of ether oxygens (including phenoxy) is 4. The zero-order chi connectivity index (χ0) is 14.5. The van der Waals surface area contributed by atoms with Gasteiger partial charge in [0.2, 0.25) is 5.75 Å². The van der Waals surface area contributed by atoms with Crippen molar-refractivity contribution in [1.29, 1.82) is 0 Å². The van der Waals surface area contributed by atoms with Crippen LogP contribution in [-0.4, -0.2) is 33.7 Å². The monoisotopic (exact) mass is 278 g/mol. The summed E-state index contributed by atoms with van der Waals surface area (Å²) < 4.78 is 21.0. The lowest BCUT2D eigenvalue weighted by Gasteiger charge is -2.17. The molecule has 5 heteroatoms. The first kappa shape index (κ1) is 14.2. The normalized spacial score (nSPS) is 14.1. The second-order valence-corrected chi connectivity index (χ2v) is 4.33. The van der Waals surface area contributed by atoms with E-state index in [0.717, 1.165) is 6.42 Å². The SMILES string of the molecule is COc1ccc(C(=O)C2=COCCC2)c(OC)c1OC. The number of methoxy groups -OCH3 is 3. The van der Waals surface area contributed by atoms with Gasteiger partial charge in [0.25, 0.3) is 0 Å². The van der Waals surface area contributed by atoms with Crippen molar-refractivity contribution in [3.63, 3.8) is 0 Å². The summed E-state index contributed by atoms with van der Waals surface area (Å²) >= 11 is 0. The number of allylic oxidation sites excluding steroid dienone is 1. The Morgan fingerprint density at radius 3 is 2.40 bits per heavy atom. The number of Topliss-reactive ketones (excluding diaryl/α,β-unsaturated/α-hetero) is 1. The van der Waals surface area contributed by atoms with Gasteiger partial charge >= 0.3 is 0 Å². The highest BCUT2D eigenvalue weighted by Gasteiger charge is 2.23. The molecule has 0 atom stereocenters. The Labute approximate surface area is 118 Å². The number of carbonyl (C=O) groups excluding carboxylic acids is 1. The van der Waals surface area contributed by atoms with Crippen LogP contribution in [0.4, 0.5) is 0 Å². The fourth-order valence-corrected chi connectivity index (χ4v) is 2.18. The summed E-state index contributed by atoms with van der Waals surface area (Å²) in [5.41, 5.74) is 1.09. The molecule has 5 nitrogen and oxygen atoms in total. The van der Waals surface area contributed by atoms with Gasteiger partial charge in [-0.15, -0.1) is 0 Å². The zero-order valence-corrected chi connectivity index (χ0v) is 11.9. The molecule has 108 valence electrons. The maximum absolute atomic E-state index is 12.5. The number of carbonyl (C=O) groups is 1. The molecule has 1 aromatic rings. The third kappa shape index (κ3) is 2.57. The summed E-state index contributed by atoms with van der Waals surface area (Å²) in [5.74, 6) is 1.21. The quantitative estimate of drug-likeness (QED) is 0.775.